The molecule has 0 unspecified atom stereocenters. The molecule has 0 aliphatic carbocycles. The van der Waals surface area contributed by atoms with Crippen LogP contribution in [0, 0.1) is 0 Å². The van der Waals surface area contributed by atoms with Gasteiger partial charge in [-0.05, 0) is 46.3 Å². The van der Waals surface area contributed by atoms with E-state index in [0.29, 0.717) is 11.4 Å². The van der Waals surface area contributed by atoms with Crippen LogP contribution in [0.1, 0.15) is 10.4 Å². The number of nitrogens with two attached hydrogens (primary N) is 1. The summed E-state index contributed by atoms with van der Waals surface area (Å²) >= 11 is 3.40. The molecule has 5 heteroatoms. The highest BCUT2D eigenvalue weighted by Crippen LogP contribution is 2.28. The Bertz CT molecular complexity index is 599. The fourth-order valence-electron chi connectivity index (χ4n) is 1.56. The van der Waals surface area contributed by atoms with Crippen molar-refractivity contribution in [3.63, 3.8) is 0 Å². The Morgan fingerprint density at radius 1 is 1.17 bits per heavy atom. The molecule has 0 radical (unpaired) electrons. The number of nitrogens with one attached hydrogen (secondary N) is 1. The number of nitrogen functional groups attached to an aromatic ring is 1. The number of aromatic carboxylic acids is 1. The van der Waals surface area contributed by atoms with Gasteiger partial charge in [-0.1, -0.05) is 12.1 Å². The van der Waals surface area contributed by atoms with E-state index < -0.39 is 5.97 Å². The molecule has 2 aromatic carbocycles. The minimum atomic E-state index is -1.02. The first-order chi connectivity index (χ1) is 8.58. The second-order valence-electron chi connectivity index (χ2n) is 3.72. The summed E-state index contributed by atoms with van der Waals surface area (Å²) in [7, 11) is 0. The van der Waals surface area contributed by atoms with Crippen LogP contribution in [0.15, 0.2) is 46.9 Å². The van der Waals surface area contributed by atoms with Crippen molar-refractivity contribution in [2.75, 3.05) is 11.1 Å². The molecular formula is C13H11BrN2O2. The first kappa shape index (κ1) is 12.4. The predicted molar refractivity (Wildman–Crippen MR) is 75.2 cm³/mol. The maximum absolute atomic E-state index is 11.1. The molecule has 0 saturated heterocycles. The lowest BCUT2D eigenvalue weighted by Gasteiger charge is -2.11. The van der Waals surface area contributed by atoms with Crippen LogP contribution < -0.4 is 11.1 Å². The first-order valence-electron chi connectivity index (χ1n) is 5.22. The Kier molecular flexibility index (Phi) is 3.53. The molecule has 2 aromatic rings. The van der Waals surface area contributed by atoms with Crippen molar-refractivity contribution in [2.24, 2.45) is 0 Å². The molecule has 0 aromatic heterocycles. The zero-order valence-electron chi connectivity index (χ0n) is 9.35. The first-order valence-corrected chi connectivity index (χ1v) is 6.01. The lowest BCUT2D eigenvalue weighted by molar-refractivity contribution is 0.0698. The Morgan fingerprint density at radius 2 is 1.89 bits per heavy atom. The summed E-state index contributed by atoms with van der Waals surface area (Å²) in [5, 5.41) is 12.2. The zero-order valence-corrected chi connectivity index (χ0v) is 10.9. The van der Waals surface area contributed by atoms with Crippen LogP contribution in [0.25, 0.3) is 0 Å². The highest BCUT2D eigenvalue weighted by molar-refractivity contribution is 9.10. The number of carboxylic acids is 1. The number of carboxylic acid groups (broad SMARTS) is 1. The normalized spacial score (nSPS) is 10.1. The third kappa shape index (κ3) is 2.62. The molecule has 0 saturated carbocycles. The van der Waals surface area contributed by atoms with Crippen LogP contribution in [0.2, 0.25) is 0 Å². The van der Waals surface area contributed by atoms with Gasteiger partial charge in [-0.2, -0.15) is 0 Å². The van der Waals surface area contributed by atoms with Gasteiger partial charge in [-0.3, -0.25) is 0 Å². The number of anilines is 3. The van der Waals surface area contributed by atoms with Gasteiger partial charge in [0.25, 0.3) is 0 Å². The van der Waals surface area contributed by atoms with E-state index in [-0.39, 0.29) is 5.56 Å². The van der Waals surface area contributed by atoms with Gasteiger partial charge >= 0.3 is 5.97 Å². The zero-order chi connectivity index (χ0) is 13.1. The van der Waals surface area contributed by atoms with E-state index in [1.165, 1.54) is 6.07 Å². The Labute approximate surface area is 113 Å². The fraction of sp³-hybridized carbons (Fsp3) is 0. The fourth-order valence-corrected chi connectivity index (χ4v) is 1.94. The monoisotopic (exact) mass is 306 g/mol. The topological polar surface area (TPSA) is 75.3 Å². The molecule has 2 rings (SSSR count). The van der Waals surface area contributed by atoms with Crippen molar-refractivity contribution < 1.29 is 9.90 Å². The van der Waals surface area contributed by atoms with E-state index in [0.717, 1.165) is 10.2 Å². The SMILES string of the molecule is Nc1ccc(Nc2ccccc2Br)c(C(=O)O)c1. The number of hydrogen-bond donors (Lipinski definition) is 3. The summed E-state index contributed by atoms with van der Waals surface area (Å²) in [6.07, 6.45) is 0. The molecule has 4 nitrogen and oxygen atoms in total. The molecule has 0 fully saturated rings. The summed E-state index contributed by atoms with van der Waals surface area (Å²) in [6.45, 7) is 0. The number of halogens is 1. The maximum atomic E-state index is 11.1. The second-order valence-corrected chi connectivity index (χ2v) is 4.57. The van der Waals surface area contributed by atoms with E-state index in [4.69, 9.17) is 10.8 Å². The van der Waals surface area contributed by atoms with Gasteiger partial charge in [0.2, 0.25) is 0 Å². The minimum Gasteiger partial charge on any atom is -0.478 e. The van der Waals surface area contributed by atoms with Crippen LogP contribution in [-0.4, -0.2) is 11.1 Å². The van der Waals surface area contributed by atoms with Crippen LogP contribution in [-0.2, 0) is 0 Å². The van der Waals surface area contributed by atoms with Crippen LogP contribution in [0.3, 0.4) is 0 Å². The van der Waals surface area contributed by atoms with Gasteiger partial charge in [0.1, 0.15) is 0 Å². The maximum Gasteiger partial charge on any atom is 0.337 e. The highest BCUT2D eigenvalue weighted by Gasteiger charge is 2.11. The molecular weight excluding hydrogens is 296 g/mol. The average Bonchev–Trinajstić information content (AvgIpc) is 2.34. The molecule has 18 heavy (non-hydrogen) atoms. The third-order valence-corrected chi connectivity index (χ3v) is 3.11. The van der Waals surface area contributed by atoms with E-state index in [2.05, 4.69) is 21.2 Å². The lowest BCUT2D eigenvalue weighted by atomic mass is 10.1. The van der Waals surface area contributed by atoms with Crippen molar-refractivity contribution in [2.45, 2.75) is 0 Å². The summed E-state index contributed by atoms with van der Waals surface area (Å²) in [5.74, 6) is -1.02. The van der Waals surface area contributed by atoms with Crippen LogP contribution in [0.5, 0.6) is 0 Å². The van der Waals surface area contributed by atoms with Crippen LogP contribution in [0.4, 0.5) is 17.1 Å². The summed E-state index contributed by atoms with van der Waals surface area (Å²) < 4.78 is 0.859. The summed E-state index contributed by atoms with van der Waals surface area (Å²) in [5.41, 5.74) is 7.45. The van der Waals surface area contributed by atoms with Crippen molar-refractivity contribution >= 4 is 39.0 Å². The smallest absolute Gasteiger partial charge is 0.337 e. The number of para-hydroxylation sites is 1. The predicted octanol–water partition coefficient (Wildman–Crippen LogP) is 3.47. The Hall–Kier alpha value is -2.01. The van der Waals surface area contributed by atoms with Crippen molar-refractivity contribution in [1.82, 2.24) is 0 Å². The summed E-state index contributed by atoms with van der Waals surface area (Å²) in [6, 6.07) is 12.2. The molecule has 0 aliphatic rings. The molecule has 92 valence electrons. The summed E-state index contributed by atoms with van der Waals surface area (Å²) in [4.78, 5) is 11.1. The highest BCUT2D eigenvalue weighted by atomic mass is 79.9. The van der Waals surface area contributed by atoms with Gasteiger partial charge in [-0.25, -0.2) is 4.79 Å². The van der Waals surface area contributed by atoms with E-state index >= 15 is 0 Å². The number of hydrogen-bond acceptors (Lipinski definition) is 3. The van der Waals surface area contributed by atoms with Gasteiger partial charge in [0, 0.05) is 10.2 Å². The Balaban J connectivity index is 2.41. The second kappa shape index (κ2) is 5.10. The van der Waals surface area contributed by atoms with Gasteiger partial charge < -0.3 is 16.2 Å². The standard InChI is InChI=1S/C13H11BrN2O2/c14-10-3-1-2-4-12(10)16-11-6-5-8(15)7-9(11)13(17)18/h1-7,16H,15H2,(H,17,18). The van der Waals surface area contributed by atoms with Crippen molar-refractivity contribution in [3.05, 3.63) is 52.5 Å². The van der Waals surface area contributed by atoms with E-state index in [1.807, 2.05) is 24.3 Å². The average molecular weight is 307 g/mol. The molecule has 0 amide bonds. The molecule has 0 bridgehead atoms. The minimum absolute atomic E-state index is 0.144. The molecule has 0 aliphatic heterocycles. The van der Waals surface area contributed by atoms with E-state index in [9.17, 15) is 4.79 Å². The van der Waals surface area contributed by atoms with Crippen molar-refractivity contribution in [1.29, 1.82) is 0 Å². The largest absolute Gasteiger partial charge is 0.478 e. The number of carbonyl (C=O) groups is 1. The van der Waals surface area contributed by atoms with E-state index in [1.54, 1.807) is 12.1 Å². The number of rotatable bonds is 3. The lowest BCUT2D eigenvalue weighted by Crippen LogP contribution is -2.04. The third-order valence-electron chi connectivity index (χ3n) is 2.42. The van der Waals surface area contributed by atoms with Gasteiger partial charge in [0.15, 0.2) is 0 Å². The Morgan fingerprint density at radius 3 is 2.56 bits per heavy atom. The number of benzene rings is 2. The molecule has 0 heterocycles. The quantitative estimate of drug-likeness (QED) is 0.759. The molecule has 0 spiro atoms. The van der Waals surface area contributed by atoms with Gasteiger partial charge in [-0.15, -0.1) is 0 Å². The van der Waals surface area contributed by atoms with Crippen molar-refractivity contribution in [3.8, 4) is 0 Å². The molecule has 0 atom stereocenters. The van der Waals surface area contributed by atoms with Crippen LogP contribution >= 0.6 is 15.9 Å². The molecule has 4 N–H and O–H groups in total. The van der Waals surface area contributed by atoms with Gasteiger partial charge in [0.05, 0.1) is 16.9 Å².